The first-order chi connectivity index (χ1) is 11.3. The van der Waals surface area contributed by atoms with Crippen molar-refractivity contribution in [3.05, 3.63) is 23.8 Å². The minimum absolute atomic E-state index is 0.0861. The highest BCUT2D eigenvalue weighted by Gasteiger charge is 2.14. The molecule has 24 heavy (non-hydrogen) atoms. The molecule has 0 bridgehead atoms. The molecule has 0 fully saturated rings. The number of benzene rings is 1. The molecule has 0 radical (unpaired) electrons. The van der Waals surface area contributed by atoms with Gasteiger partial charge in [0.2, 0.25) is 15.9 Å². The number of amides is 1. The van der Waals surface area contributed by atoms with E-state index in [4.69, 9.17) is 9.47 Å². The van der Waals surface area contributed by atoms with Crippen LogP contribution in [0.2, 0.25) is 0 Å². The van der Waals surface area contributed by atoms with Crippen LogP contribution in [0, 0.1) is 0 Å². The van der Waals surface area contributed by atoms with Gasteiger partial charge in [-0.05, 0) is 24.1 Å². The van der Waals surface area contributed by atoms with Gasteiger partial charge in [-0.1, -0.05) is 13.0 Å². The monoisotopic (exact) mass is 358 g/mol. The Morgan fingerprint density at radius 2 is 1.88 bits per heavy atom. The Bertz CT molecular complexity index is 646. The molecule has 0 aromatic heterocycles. The van der Waals surface area contributed by atoms with E-state index in [2.05, 4.69) is 4.72 Å². The second-order valence-corrected chi connectivity index (χ2v) is 7.27. The Morgan fingerprint density at radius 1 is 1.21 bits per heavy atom. The van der Waals surface area contributed by atoms with Crippen LogP contribution in [0.1, 0.15) is 25.8 Å². The summed E-state index contributed by atoms with van der Waals surface area (Å²) in [7, 11) is -0.164. The van der Waals surface area contributed by atoms with Gasteiger partial charge in [0.25, 0.3) is 0 Å². The summed E-state index contributed by atoms with van der Waals surface area (Å²) in [4.78, 5) is 13.4. The molecule has 136 valence electrons. The molecule has 1 amide bonds. The first-order valence-corrected chi connectivity index (χ1v) is 9.42. The number of nitrogens with one attached hydrogen (secondary N) is 1. The maximum absolute atomic E-state index is 11.8. The molecule has 7 nitrogen and oxygen atoms in total. The van der Waals surface area contributed by atoms with Crippen LogP contribution < -0.4 is 14.2 Å². The lowest BCUT2D eigenvalue weighted by molar-refractivity contribution is -0.129. The lowest BCUT2D eigenvalue weighted by Crippen LogP contribution is -2.37. The standard InChI is InChI=1S/C16H26N2O5S/c1-5-10-24(20,21)17-8-9-18(13(2)19)12-14-6-7-15(22-3)16(11-14)23-4/h6-7,11,17H,5,8-10,12H2,1-4H3. The van der Waals surface area contributed by atoms with E-state index < -0.39 is 10.0 Å². The quantitative estimate of drug-likeness (QED) is 0.683. The van der Waals surface area contributed by atoms with Crippen molar-refractivity contribution in [3.8, 4) is 11.5 Å². The molecule has 0 atom stereocenters. The van der Waals surface area contributed by atoms with Gasteiger partial charge in [-0.2, -0.15) is 0 Å². The van der Waals surface area contributed by atoms with E-state index in [1.165, 1.54) is 6.92 Å². The van der Waals surface area contributed by atoms with Crippen LogP contribution in [0.25, 0.3) is 0 Å². The Morgan fingerprint density at radius 3 is 2.42 bits per heavy atom. The van der Waals surface area contributed by atoms with E-state index in [1.807, 2.05) is 6.07 Å². The Balaban J connectivity index is 2.71. The number of hydrogen-bond donors (Lipinski definition) is 1. The fraction of sp³-hybridized carbons (Fsp3) is 0.562. The highest BCUT2D eigenvalue weighted by atomic mass is 32.2. The van der Waals surface area contributed by atoms with Crippen molar-refractivity contribution in [1.82, 2.24) is 9.62 Å². The second kappa shape index (κ2) is 9.48. The van der Waals surface area contributed by atoms with Gasteiger partial charge in [0.1, 0.15) is 0 Å². The average molecular weight is 358 g/mol. The maximum atomic E-state index is 11.8. The zero-order valence-corrected chi connectivity index (χ0v) is 15.5. The number of hydrogen-bond acceptors (Lipinski definition) is 5. The van der Waals surface area contributed by atoms with Crippen molar-refractivity contribution in [3.63, 3.8) is 0 Å². The summed E-state index contributed by atoms with van der Waals surface area (Å²) in [5.74, 6) is 1.16. The zero-order valence-electron chi connectivity index (χ0n) is 14.7. The van der Waals surface area contributed by atoms with E-state index in [0.717, 1.165) is 5.56 Å². The van der Waals surface area contributed by atoms with Crippen molar-refractivity contribution in [2.24, 2.45) is 0 Å². The zero-order chi connectivity index (χ0) is 18.2. The van der Waals surface area contributed by atoms with E-state index >= 15 is 0 Å². The van der Waals surface area contributed by atoms with E-state index in [9.17, 15) is 13.2 Å². The number of methoxy groups -OCH3 is 2. The van der Waals surface area contributed by atoms with Gasteiger partial charge in [0.15, 0.2) is 11.5 Å². The minimum atomic E-state index is -3.27. The molecule has 0 unspecified atom stereocenters. The maximum Gasteiger partial charge on any atom is 0.219 e. The Kier molecular flexibility index (Phi) is 8.00. The van der Waals surface area contributed by atoms with Crippen molar-refractivity contribution in [2.45, 2.75) is 26.8 Å². The van der Waals surface area contributed by atoms with Crippen molar-refractivity contribution >= 4 is 15.9 Å². The smallest absolute Gasteiger partial charge is 0.219 e. The first kappa shape index (κ1) is 20.2. The van der Waals surface area contributed by atoms with Crippen molar-refractivity contribution in [1.29, 1.82) is 0 Å². The van der Waals surface area contributed by atoms with Gasteiger partial charge in [0.05, 0.1) is 20.0 Å². The van der Waals surface area contributed by atoms with E-state index in [0.29, 0.717) is 31.0 Å². The van der Waals surface area contributed by atoms with Crippen molar-refractivity contribution in [2.75, 3.05) is 33.1 Å². The minimum Gasteiger partial charge on any atom is -0.493 e. The summed E-state index contributed by atoms with van der Waals surface area (Å²) in [6.45, 7) is 4.12. The fourth-order valence-electron chi connectivity index (χ4n) is 2.22. The number of carbonyl (C=O) groups excluding carboxylic acids is 1. The average Bonchev–Trinajstić information content (AvgIpc) is 2.53. The van der Waals surface area contributed by atoms with Crippen LogP contribution in [0.4, 0.5) is 0 Å². The van der Waals surface area contributed by atoms with E-state index in [-0.39, 0.29) is 18.2 Å². The van der Waals surface area contributed by atoms with Crippen LogP contribution in [0.3, 0.4) is 0 Å². The molecule has 0 saturated heterocycles. The van der Waals surface area contributed by atoms with Gasteiger partial charge in [-0.3, -0.25) is 4.79 Å². The number of sulfonamides is 1. The van der Waals surface area contributed by atoms with Gasteiger partial charge in [-0.25, -0.2) is 13.1 Å². The fourth-order valence-corrected chi connectivity index (χ4v) is 3.31. The molecule has 0 aliphatic heterocycles. The largest absolute Gasteiger partial charge is 0.493 e. The molecule has 0 heterocycles. The third kappa shape index (κ3) is 6.37. The number of nitrogens with zero attached hydrogens (tertiary/aromatic N) is 1. The lowest BCUT2D eigenvalue weighted by atomic mass is 10.2. The molecule has 0 saturated carbocycles. The van der Waals surface area contributed by atoms with Crippen molar-refractivity contribution < 1.29 is 22.7 Å². The highest BCUT2D eigenvalue weighted by Crippen LogP contribution is 2.28. The van der Waals surface area contributed by atoms with Gasteiger partial charge < -0.3 is 14.4 Å². The third-order valence-electron chi connectivity index (χ3n) is 3.44. The molecular weight excluding hydrogens is 332 g/mol. The van der Waals surface area contributed by atoms with Crippen LogP contribution in [0.15, 0.2) is 18.2 Å². The topological polar surface area (TPSA) is 84.9 Å². The molecular formula is C16H26N2O5S. The van der Waals surface area contributed by atoms with Crippen LogP contribution in [-0.2, 0) is 21.4 Å². The molecule has 0 aliphatic carbocycles. The number of ether oxygens (including phenoxy) is 2. The molecule has 8 heteroatoms. The summed E-state index contributed by atoms with van der Waals surface area (Å²) in [6, 6.07) is 5.42. The summed E-state index contributed by atoms with van der Waals surface area (Å²) in [5.41, 5.74) is 0.874. The normalized spacial score (nSPS) is 11.2. The van der Waals surface area contributed by atoms with Crippen LogP contribution >= 0.6 is 0 Å². The Hall–Kier alpha value is -1.80. The molecule has 1 rings (SSSR count). The van der Waals surface area contributed by atoms with E-state index in [1.54, 1.807) is 38.2 Å². The van der Waals surface area contributed by atoms with Gasteiger partial charge in [0, 0.05) is 26.6 Å². The summed E-state index contributed by atoms with van der Waals surface area (Å²) >= 11 is 0. The summed E-state index contributed by atoms with van der Waals surface area (Å²) in [5, 5.41) is 0. The Labute approximate surface area is 144 Å². The predicted octanol–water partition coefficient (Wildman–Crippen LogP) is 1.38. The van der Waals surface area contributed by atoms with Crippen LogP contribution in [0.5, 0.6) is 11.5 Å². The molecule has 0 aliphatic rings. The highest BCUT2D eigenvalue weighted by molar-refractivity contribution is 7.89. The predicted molar refractivity (Wildman–Crippen MR) is 92.7 cm³/mol. The lowest BCUT2D eigenvalue weighted by Gasteiger charge is -2.22. The van der Waals surface area contributed by atoms with Crippen LogP contribution in [-0.4, -0.2) is 52.3 Å². The first-order valence-electron chi connectivity index (χ1n) is 7.76. The molecule has 1 aromatic carbocycles. The SMILES string of the molecule is CCCS(=O)(=O)NCCN(Cc1ccc(OC)c(OC)c1)C(C)=O. The van der Waals surface area contributed by atoms with Gasteiger partial charge in [-0.15, -0.1) is 0 Å². The summed E-state index contributed by atoms with van der Waals surface area (Å²) < 4.78 is 36.2. The number of rotatable bonds is 10. The summed E-state index contributed by atoms with van der Waals surface area (Å²) in [6.07, 6.45) is 0.553. The molecule has 1 N–H and O–H groups in total. The third-order valence-corrected chi connectivity index (χ3v) is 5.03. The molecule has 1 aromatic rings. The second-order valence-electron chi connectivity index (χ2n) is 5.34. The molecule has 0 spiro atoms. The number of carbonyl (C=O) groups is 1. The van der Waals surface area contributed by atoms with Gasteiger partial charge >= 0.3 is 0 Å².